The first-order valence-electron chi connectivity index (χ1n) is 7.31. The highest BCUT2D eigenvalue weighted by Gasteiger charge is 2.07. The molecule has 1 atom stereocenters. The highest BCUT2D eigenvalue weighted by Crippen LogP contribution is 2.23. The number of benzene rings is 2. The molecular formula is C18H22BrNO. The summed E-state index contributed by atoms with van der Waals surface area (Å²) < 4.78 is 7.01. The minimum Gasteiger partial charge on any atom is -0.489 e. The SMILES string of the molecule is CCNC(C)c1ccc(OCc2ccc(Br)cc2)c(C)c1. The molecule has 0 aromatic heterocycles. The van der Waals surface area contributed by atoms with Crippen LogP contribution in [0.2, 0.25) is 0 Å². The van der Waals surface area contributed by atoms with Crippen molar-refractivity contribution < 1.29 is 4.74 Å². The summed E-state index contributed by atoms with van der Waals surface area (Å²) in [7, 11) is 0. The lowest BCUT2D eigenvalue weighted by atomic mass is 10.1. The molecule has 2 aromatic rings. The quantitative estimate of drug-likeness (QED) is 0.793. The Hall–Kier alpha value is -1.32. The van der Waals surface area contributed by atoms with Gasteiger partial charge in [-0.1, -0.05) is 47.1 Å². The summed E-state index contributed by atoms with van der Waals surface area (Å²) in [6.07, 6.45) is 0. The Balaban J connectivity index is 2.02. The molecule has 1 N–H and O–H groups in total. The Labute approximate surface area is 135 Å². The topological polar surface area (TPSA) is 21.3 Å². The van der Waals surface area contributed by atoms with Gasteiger partial charge in [0.2, 0.25) is 0 Å². The first-order chi connectivity index (χ1) is 10.1. The van der Waals surface area contributed by atoms with E-state index in [1.54, 1.807) is 0 Å². The second kappa shape index (κ2) is 7.62. The normalized spacial score (nSPS) is 12.2. The number of hydrogen-bond donors (Lipinski definition) is 1. The summed E-state index contributed by atoms with van der Waals surface area (Å²) in [5, 5.41) is 3.43. The van der Waals surface area contributed by atoms with Crippen molar-refractivity contribution in [3.8, 4) is 5.75 Å². The number of hydrogen-bond acceptors (Lipinski definition) is 2. The van der Waals surface area contributed by atoms with Gasteiger partial charge in [0, 0.05) is 10.5 Å². The average molecular weight is 348 g/mol. The van der Waals surface area contributed by atoms with Crippen LogP contribution in [-0.4, -0.2) is 6.54 Å². The highest BCUT2D eigenvalue weighted by molar-refractivity contribution is 9.10. The van der Waals surface area contributed by atoms with E-state index in [0.29, 0.717) is 12.6 Å². The maximum atomic E-state index is 5.92. The predicted molar refractivity (Wildman–Crippen MR) is 91.7 cm³/mol. The van der Waals surface area contributed by atoms with Gasteiger partial charge >= 0.3 is 0 Å². The van der Waals surface area contributed by atoms with Gasteiger partial charge in [-0.3, -0.25) is 0 Å². The third-order valence-electron chi connectivity index (χ3n) is 3.52. The van der Waals surface area contributed by atoms with E-state index in [2.05, 4.69) is 72.3 Å². The molecule has 0 aliphatic rings. The molecule has 21 heavy (non-hydrogen) atoms. The van der Waals surface area contributed by atoms with Crippen LogP contribution in [0, 0.1) is 6.92 Å². The van der Waals surface area contributed by atoms with E-state index in [-0.39, 0.29) is 0 Å². The molecule has 3 heteroatoms. The first-order valence-corrected chi connectivity index (χ1v) is 8.10. The summed E-state index contributed by atoms with van der Waals surface area (Å²) in [6, 6.07) is 15.0. The average Bonchev–Trinajstić information content (AvgIpc) is 2.48. The van der Waals surface area contributed by atoms with Gasteiger partial charge < -0.3 is 10.1 Å². The number of ether oxygens (including phenoxy) is 1. The van der Waals surface area contributed by atoms with Crippen molar-refractivity contribution in [3.05, 3.63) is 63.6 Å². The summed E-state index contributed by atoms with van der Waals surface area (Å²) in [6.45, 7) is 7.97. The summed E-state index contributed by atoms with van der Waals surface area (Å²) in [5.41, 5.74) is 3.64. The van der Waals surface area contributed by atoms with E-state index in [9.17, 15) is 0 Å². The zero-order valence-corrected chi connectivity index (χ0v) is 14.4. The molecule has 0 heterocycles. The molecule has 0 saturated carbocycles. The molecule has 0 saturated heterocycles. The van der Waals surface area contributed by atoms with Crippen molar-refractivity contribution in [1.82, 2.24) is 5.32 Å². The van der Waals surface area contributed by atoms with Crippen LogP contribution >= 0.6 is 15.9 Å². The molecule has 2 nitrogen and oxygen atoms in total. The van der Waals surface area contributed by atoms with E-state index in [4.69, 9.17) is 4.74 Å². The van der Waals surface area contributed by atoms with Crippen molar-refractivity contribution in [1.29, 1.82) is 0 Å². The van der Waals surface area contributed by atoms with Crippen LogP contribution in [0.25, 0.3) is 0 Å². The van der Waals surface area contributed by atoms with Gasteiger partial charge in [0.25, 0.3) is 0 Å². The zero-order valence-electron chi connectivity index (χ0n) is 12.8. The first kappa shape index (κ1) is 16.1. The monoisotopic (exact) mass is 347 g/mol. The second-order valence-corrected chi connectivity index (χ2v) is 6.14. The van der Waals surface area contributed by atoms with Crippen LogP contribution in [0.3, 0.4) is 0 Å². The summed E-state index contributed by atoms with van der Waals surface area (Å²) in [4.78, 5) is 0. The van der Waals surface area contributed by atoms with Gasteiger partial charge in [0.15, 0.2) is 0 Å². The van der Waals surface area contributed by atoms with E-state index < -0.39 is 0 Å². The lowest BCUT2D eigenvalue weighted by Crippen LogP contribution is -2.17. The van der Waals surface area contributed by atoms with Crippen molar-refractivity contribution >= 4 is 15.9 Å². The van der Waals surface area contributed by atoms with Crippen LogP contribution in [0.1, 0.15) is 36.6 Å². The Morgan fingerprint density at radius 3 is 2.48 bits per heavy atom. The minimum atomic E-state index is 0.370. The predicted octanol–water partition coefficient (Wildman–Crippen LogP) is 5.01. The number of halogens is 1. The fraction of sp³-hybridized carbons (Fsp3) is 0.333. The lowest BCUT2D eigenvalue weighted by Gasteiger charge is -2.15. The molecule has 112 valence electrons. The van der Waals surface area contributed by atoms with Crippen LogP contribution in [-0.2, 0) is 6.61 Å². The van der Waals surface area contributed by atoms with Crippen molar-refractivity contribution in [3.63, 3.8) is 0 Å². The van der Waals surface area contributed by atoms with Crippen LogP contribution in [0.15, 0.2) is 46.9 Å². The fourth-order valence-corrected chi connectivity index (χ4v) is 2.53. The minimum absolute atomic E-state index is 0.370. The summed E-state index contributed by atoms with van der Waals surface area (Å²) in [5.74, 6) is 0.949. The molecule has 0 amide bonds. The van der Waals surface area contributed by atoms with Crippen LogP contribution < -0.4 is 10.1 Å². The zero-order chi connectivity index (χ0) is 15.2. The number of aryl methyl sites for hydroxylation is 1. The molecule has 2 rings (SSSR count). The largest absolute Gasteiger partial charge is 0.489 e. The van der Waals surface area contributed by atoms with Gasteiger partial charge in [-0.15, -0.1) is 0 Å². The molecule has 0 aliphatic carbocycles. The summed E-state index contributed by atoms with van der Waals surface area (Å²) >= 11 is 3.44. The van der Waals surface area contributed by atoms with E-state index in [0.717, 1.165) is 16.8 Å². The smallest absolute Gasteiger partial charge is 0.122 e. The molecule has 0 fully saturated rings. The molecular weight excluding hydrogens is 326 g/mol. The third-order valence-corrected chi connectivity index (χ3v) is 4.05. The molecule has 2 aromatic carbocycles. The molecule has 0 spiro atoms. The van der Waals surface area contributed by atoms with Crippen molar-refractivity contribution in [2.45, 2.75) is 33.4 Å². The molecule has 0 radical (unpaired) electrons. The third kappa shape index (κ3) is 4.58. The van der Waals surface area contributed by atoms with Crippen molar-refractivity contribution in [2.24, 2.45) is 0 Å². The lowest BCUT2D eigenvalue weighted by molar-refractivity contribution is 0.304. The van der Waals surface area contributed by atoms with E-state index in [1.807, 2.05) is 12.1 Å². The maximum absolute atomic E-state index is 5.92. The van der Waals surface area contributed by atoms with Crippen LogP contribution in [0.4, 0.5) is 0 Å². The van der Waals surface area contributed by atoms with Gasteiger partial charge in [-0.25, -0.2) is 0 Å². The number of nitrogens with one attached hydrogen (secondary N) is 1. The maximum Gasteiger partial charge on any atom is 0.122 e. The van der Waals surface area contributed by atoms with Gasteiger partial charge in [0.1, 0.15) is 12.4 Å². The van der Waals surface area contributed by atoms with E-state index in [1.165, 1.54) is 16.7 Å². The van der Waals surface area contributed by atoms with Crippen molar-refractivity contribution in [2.75, 3.05) is 6.54 Å². The Bertz CT molecular complexity index is 580. The fourth-order valence-electron chi connectivity index (χ4n) is 2.27. The van der Waals surface area contributed by atoms with Gasteiger partial charge in [0.05, 0.1) is 0 Å². The van der Waals surface area contributed by atoms with E-state index >= 15 is 0 Å². The molecule has 1 unspecified atom stereocenters. The molecule has 0 aliphatic heterocycles. The standard InChI is InChI=1S/C18H22BrNO/c1-4-20-14(3)16-7-10-18(13(2)11-16)21-12-15-5-8-17(19)9-6-15/h5-11,14,20H,4,12H2,1-3H3. The highest BCUT2D eigenvalue weighted by atomic mass is 79.9. The Morgan fingerprint density at radius 1 is 1.14 bits per heavy atom. The van der Waals surface area contributed by atoms with Gasteiger partial charge in [-0.2, -0.15) is 0 Å². The Kier molecular flexibility index (Phi) is 5.83. The second-order valence-electron chi connectivity index (χ2n) is 5.22. The Morgan fingerprint density at radius 2 is 1.86 bits per heavy atom. The number of rotatable bonds is 6. The molecule has 0 bridgehead atoms. The van der Waals surface area contributed by atoms with Gasteiger partial charge in [-0.05, 0) is 55.3 Å². The van der Waals surface area contributed by atoms with Crippen LogP contribution in [0.5, 0.6) is 5.75 Å².